The van der Waals surface area contributed by atoms with Crippen molar-refractivity contribution < 1.29 is 23.5 Å². The molecule has 8 nitrogen and oxygen atoms in total. The molecule has 0 unspecified atom stereocenters. The number of nitrogens with zero attached hydrogens (tertiary/aromatic N) is 2. The van der Waals surface area contributed by atoms with E-state index >= 15 is 0 Å². The molecule has 2 amide bonds. The van der Waals surface area contributed by atoms with Crippen LogP contribution >= 0.6 is 11.3 Å². The van der Waals surface area contributed by atoms with Crippen LogP contribution in [0.2, 0.25) is 0 Å². The van der Waals surface area contributed by atoms with Crippen molar-refractivity contribution >= 4 is 34.3 Å². The molecule has 3 heterocycles. The average molecular weight is 411 g/mol. The van der Waals surface area contributed by atoms with E-state index < -0.39 is 5.97 Å². The smallest absolute Gasteiger partial charge is 0.337 e. The van der Waals surface area contributed by atoms with Gasteiger partial charge in [0.1, 0.15) is 0 Å². The summed E-state index contributed by atoms with van der Waals surface area (Å²) >= 11 is 1.35. The number of esters is 1. The number of benzene rings is 1. The van der Waals surface area contributed by atoms with Crippen molar-refractivity contribution in [3.8, 4) is 0 Å². The standard InChI is InChI=1S/C20H17N3O5S/c1-27-19(26)13-6-4-12(5-7-13)18(25)23-9-8-14-16(11-23)29-20(21-14)22-17(24)15-3-2-10-28-15/h2-7,10H,8-9,11H2,1H3,(H,21,22,24). The van der Waals surface area contributed by atoms with E-state index in [9.17, 15) is 14.4 Å². The summed E-state index contributed by atoms with van der Waals surface area (Å²) in [6.07, 6.45) is 2.04. The Morgan fingerprint density at radius 1 is 1.17 bits per heavy atom. The minimum Gasteiger partial charge on any atom is -0.465 e. The zero-order valence-electron chi connectivity index (χ0n) is 15.5. The molecule has 1 aliphatic heterocycles. The molecule has 148 valence electrons. The third-order valence-electron chi connectivity index (χ3n) is 4.54. The summed E-state index contributed by atoms with van der Waals surface area (Å²) in [6.45, 7) is 0.946. The maximum absolute atomic E-state index is 12.8. The normalized spacial score (nSPS) is 12.9. The van der Waals surface area contributed by atoms with E-state index in [0.29, 0.717) is 35.8 Å². The van der Waals surface area contributed by atoms with Crippen LogP contribution in [0, 0.1) is 0 Å². The Morgan fingerprint density at radius 2 is 1.93 bits per heavy atom. The average Bonchev–Trinajstić information content (AvgIpc) is 3.41. The number of carbonyl (C=O) groups is 3. The van der Waals surface area contributed by atoms with Gasteiger partial charge in [0.15, 0.2) is 10.9 Å². The summed E-state index contributed by atoms with van der Waals surface area (Å²) in [6, 6.07) is 9.60. The summed E-state index contributed by atoms with van der Waals surface area (Å²) in [5, 5.41) is 3.21. The number of hydrogen-bond donors (Lipinski definition) is 1. The summed E-state index contributed by atoms with van der Waals surface area (Å²) in [5.41, 5.74) is 1.77. The van der Waals surface area contributed by atoms with Gasteiger partial charge in [0.05, 0.1) is 31.2 Å². The van der Waals surface area contributed by atoms with E-state index in [1.54, 1.807) is 41.3 Å². The Labute approximate surface area is 170 Å². The number of anilines is 1. The van der Waals surface area contributed by atoms with Crippen molar-refractivity contribution in [2.24, 2.45) is 0 Å². The maximum atomic E-state index is 12.8. The topological polar surface area (TPSA) is 102 Å². The van der Waals surface area contributed by atoms with Gasteiger partial charge >= 0.3 is 5.97 Å². The first kappa shape index (κ1) is 18.9. The highest BCUT2D eigenvalue weighted by molar-refractivity contribution is 7.15. The van der Waals surface area contributed by atoms with Crippen LogP contribution in [0.4, 0.5) is 5.13 Å². The Morgan fingerprint density at radius 3 is 2.62 bits per heavy atom. The third-order valence-corrected chi connectivity index (χ3v) is 5.53. The summed E-state index contributed by atoms with van der Waals surface area (Å²) < 4.78 is 9.75. The van der Waals surface area contributed by atoms with E-state index in [1.165, 1.54) is 24.7 Å². The van der Waals surface area contributed by atoms with Crippen LogP contribution in [0.3, 0.4) is 0 Å². The second-order valence-corrected chi connectivity index (χ2v) is 7.45. The van der Waals surface area contributed by atoms with Crippen LogP contribution in [0.15, 0.2) is 47.1 Å². The molecule has 0 atom stereocenters. The number of rotatable bonds is 4. The van der Waals surface area contributed by atoms with Crippen LogP contribution < -0.4 is 5.32 Å². The van der Waals surface area contributed by atoms with E-state index in [1.807, 2.05) is 0 Å². The van der Waals surface area contributed by atoms with Crippen LogP contribution in [-0.4, -0.2) is 41.3 Å². The number of hydrogen-bond acceptors (Lipinski definition) is 7. The Bertz CT molecular complexity index is 1060. The van der Waals surface area contributed by atoms with Gasteiger partial charge in [-0.1, -0.05) is 11.3 Å². The van der Waals surface area contributed by atoms with Crippen LogP contribution in [-0.2, 0) is 17.7 Å². The molecule has 9 heteroatoms. The first-order valence-corrected chi connectivity index (χ1v) is 9.68. The van der Waals surface area contributed by atoms with Crippen molar-refractivity contribution in [3.05, 3.63) is 70.1 Å². The minimum atomic E-state index is -0.444. The molecular formula is C20H17N3O5S. The molecule has 3 aromatic rings. The monoisotopic (exact) mass is 411 g/mol. The molecule has 1 N–H and O–H groups in total. The lowest BCUT2D eigenvalue weighted by Gasteiger charge is -2.26. The number of thiazole rings is 1. The second kappa shape index (κ2) is 7.88. The van der Waals surface area contributed by atoms with Crippen molar-refractivity contribution in [1.82, 2.24) is 9.88 Å². The first-order valence-electron chi connectivity index (χ1n) is 8.86. The van der Waals surface area contributed by atoms with Gasteiger partial charge in [-0.05, 0) is 36.4 Å². The van der Waals surface area contributed by atoms with Gasteiger partial charge in [-0.3, -0.25) is 14.9 Å². The number of aromatic nitrogens is 1. The lowest BCUT2D eigenvalue weighted by molar-refractivity contribution is 0.0599. The maximum Gasteiger partial charge on any atom is 0.337 e. The largest absolute Gasteiger partial charge is 0.465 e. The van der Waals surface area contributed by atoms with Gasteiger partial charge in [0.2, 0.25) is 0 Å². The third kappa shape index (κ3) is 3.90. The lowest BCUT2D eigenvalue weighted by atomic mass is 10.1. The number of amides is 2. The fourth-order valence-corrected chi connectivity index (χ4v) is 4.06. The summed E-state index contributed by atoms with van der Waals surface area (Å²) in [7, 11) is 1.31. The number of nitrogens with one attached hydrogen (secondary N) is 1. The lowest BCUT2D eigenvalue weighted by Crippen LogP contribution is -2.35. The van der Waals surface area contributed by atoms with E-state index in [4.69, 9.17) is 4.42 Å². The predicted molar refractivity (Wildman–Crippen MR) is 105 cm³/mol. The van der Waals surface area contributed by atoms with Crippen molar-refractivity contribution in [2.75, 3.05) is 19.0 Å². The van der Waals surface area contributed by atoms with Crippen LogP contribution in [0.25, 0.3) is 0 Å². The Balaban J connectivity index is 1.44. The van der Waals surface area contributed by atoms with E-state index in [-0.39, 0.29) is 17.6 Å². The highest BCUT2D eigenvalue weighted by atomic mass is 32.1. The van der Waals surface area contributed by atoms with Crippen molar-refractivity contribution in [2.45, 2.75) is 13.0 Å². The highest BCUT2D eigenvalue weighted by Gasteiger charge is 2.26. The molecule has 29 heavy (non-hydrogen) atoms. The SMILES string of the molecule is COC(=O)c1ccc(C(=O)N2CCc3nc(NC(=O)c4ccco4)sc3C2)cc1. The van der Waals surface area contributed by atoms with Crippen LogP contribution in [0.1, 0.15) is 41.8 Å². The fourth-order valence-electron chi connectivity index (χ4n) is 3.04. The van der Waals surface area contributed by atoms with Gasteiger partial charge in [0, 0.05) is 23.4 Å². The highest BCUT2D eigenvalue weighted by Crippen LogP contribution is 2.29. The molecule has 1 aromatic carbocycles. The van der Waals surface area contributed by atoms with Gasteiger partial charge < -0.3 is 14.1 Å². The first-order chi connectivity index (χ1) is 14.0. The number of fused-ring (bicyclic) bond motifs is 1. The zero-order valence-corrected chi connectivity index (χ0v) is 16.3. The number of furan rings is 1. The Kier molecular flexibility index (Phi) is 5.13. The molecule has 0 saturated carbocycles. The molecular weight excluding hydrogens is 394 g/mol. The van der Waals surface area contributed by atoms with Crippen molar-refractivity contribution in [3.63, 3.8) is 0 Å². The molecule has 4 rings (SSSR count). The molecule has 0 spiro atoms. The predicted octanol–water partition coefficient (Wildman–Crippen LogP) is 2.97. The quantitative estimate of drug-likeness (QED) is 0.663. The number of carbonyl (C=O) groups excluding carboxylic acids is 3. The van der Waals surface area contributed by atoms with Gasteiger partial charge in [-0.25, -0.2) is 9.78 Å². The molecule has 0 aliphatic carbocycles. The van der Waals surface area contributed by atoms with Crippen LogP contribution in [0.5, 0.6) is 0 Å². The summed E-state index contributed by atoms with van der Waals surface area (Å²) in [4.78, 5) is 43.6. The molecule has 1 aliphatic rings. The Hall–Kier alpha value is -3.46. The second-order valence-electron chi connectivity index (χ2n) is 6.37. The molecule has 0 bridgehead atoms. The van der Waals surface area contributed by atoms with Gasteiger partial charge in [-0.2, -0.15) is 0 Å². The fraction of sp³-hybridized carbons (Fsp3) is 0.200. The summed E-state index contributed by atoms with van der Waals surface area (Å²) in [5.74, 6) is -0.716. The van der Waals surface area contributed by atoms with Gasteiger partial charge in [0.25, 0.3) is 11.8 Å². The van der Waals surface area contributed by atoms with E-state index in [0.717, 1.165) is 10.6 Å². The van der Waals surface area contributed by atoms with E-state index in [2.05, 4.69) is 15.0 Å². The molecule has 0 saturated heterocycles. The number of ether oxygens (including phenoxy) is 1. The minimum absolute atomic E-state index is 0.123. The molecule has 2 aromatic heterocycles. The molecule has 0 fully saturated rings. The number of methoxy groups -OCH3 is 1. The van der Waals surface area contributed by atoms with Crippen molar-refractivity contribution in [1.29, 1.82) is 0 Å². The van der Waals surface area contributed by atoms with Gasteiger partial charge in [-0.15, -0.1) is 0 Å². The zero-order chi connectivity index (χ0) is 20.4. The molecule has 0 radical (unpaired) electrons.